The lowest BCUT2D eigenvalue weighted by molar-refractivity contribution is 0.577. The van der Waals surface area contributed by atoms with Crippen molar-refractivity contribution < 1.29 is 8.78 Å². The van der Waals surface area contributed by atoms with Crippen molar-refractivity contribution in [2.45, 2.75) is 25.6 Å². The van der Waals surface area contributed by atoms with Crippen molar-refractivity contribution >= 4 is 27.5 Å². The zero-order valence-electron chi connectivity index (χ0n) is 11.2. The molecule has 0 aliphatic rings. The zero-order chi connectivity index (χ0) is 14.9. The highest BCUT2D eigenvalue weighted by Crippen LogP contribution is 2.31. The standard InChI is InChI=1S/C16H14BrClF2/c1-9-3-4-10(2)11(5-9)6-14(18)12-7-16(20)13(17)8-15(12)19/h3-5,7-8,14H,6H2,1-2H3. The first kappa shape index (κ1) is 15.5. The van der Waals surface area contributed by atoms with Gasteiger partial charge in [-0.2, -0.15) is 0 Å². The Labute approximate surface area is 130 Å². The summed E-state index contributed by atoms with van der Waals surface area (Å²) in [6.07, 6.45) is 0.465. The number of benzene rings is 2. The van der Waals surface area contributed by atoms with E-state index in [0.717, 1.165) is 28.8 Å². The number of halogens is 4. The molecule has 0 aromatic heterocycles. The number of aryl methyl sites for hydroxylation is 2. The van der Waals surface area contributed by atoms with Gasteiger partial charge in [-0.25, -0.2) is 8.78 Å². The van der Waals surface area contributed by atoms with E-state index in [2.05, 4.69) is 15.9 Å². The first-order valence-corrected chi connectivity index (χ1v) is 7.46. The van der Waals surface area contributed by atoms with Crippen LogP contribution in [0.4, 0.5) is 8.78 Å². The first-order valence-electron chi connectivity index (χ1n) is 6.23. The Morgan fingerprint density at radius 1 is 1.10 bits per heavy atom. The minimum Gasteiger partial charge on any atom is -0.207 e. The third kappa shape index (κ3) is 3.39. The Bertz CT molecular complexity index is 641. The molecule has 0 N–H and O–H groups in total. The van der Waals surface area contributed by atoms with E-state index < -0.39 is 17.0 Å². The summed E-state index contributed by atoms with van der Waals surface area (Å²) in [7, 11) is 0. The van der Waals surface area contributed by atoms with Gasteiger partial charge in [0.1, 0.15) is 11.6 Å². The lowest BCUT2D eigenvalue weighted by atomic mass is 9.98. The molecule has 106 valence electrons. The molecule has 0 nitrogen and oxygen atoms in total. The van der Waals surface area contributed by atoms with Crippen LogP contribution in [0.5, 0.6) is 0 Å². The van der Waals surface area contributed by atoms with E-state index in [9.17, 15) is 8.78 Å². The highest BCUT2D eigenvalue weighted by atomic mass is 79.9. The Morgan fingerprint density at radius 3 is 2.50 bits per heavy atom. The SMILES string of the molecule is Cc1ccc(C)c(CC(Cl)c2cc(F)c(Br)cc2F)c1. The van der Waals surface area contributed by atoms with Gasteiger partial charge in [0.2, 0.25) is 0 Å². The van der Waals surface area contributed by atoms with E-state index in [1.807, 2.05) is 32.0 Å². The highest BCUT2D eigenvalue weighted by molar-refractivity contribution is 9.10. The van der Waals surface area contributed by atoms with Crippen LogP contribution in [-0.4, -0.2) is 0 Å². The molecule has 0 bridgehead atoms. The second kappa shape index (κ2) is 6.23. The smallest absolute Gasteiger partial charge is 0.137 e. The van der Waals surface area contributed by atoms with Gasteiger partial charge in [0.15, 0.2) is 0 Å². The van der Waals surface area contributed by atoms with E-state index in [1.165, 1.54) is 0 Å². The second-order valence-electron chi connectivity index (χ2n) is 4.89. The molecule has 2 aromatic rings. The maximum absolute atomic E-state index is 13.9. The summed E-state index contributed by atoms with van der Waals surface area (Å²) in [5, 5.41) is -0.599. The van der Waals surface area contributed by atoms with Crippen LogP contribution >= 0.6 is 27.5 Å². The van der Waals surface area contributed by atoms with Gasteiger partial charge in [-0.3, -0.25) is 0 Å². The van der Waals surface area contributed by atoms with Gasteiger partial charge >= 0.3 is 0 Å². The molecular weight excluding hydrogens is 346 g/mol. The summed E-state index contributed by atoms with van der Waals surface area (Å²) in [5.41, 5.74) is 3.46. The van der Waals surface area contributed by atoms with Crippen molar-refractivity contribution in [1.82, 2.24) is 0 Å². The number of alkyl halides is 1. The zero-order valence-corrected chi connectivity index (χ0v) is 13.5. The molecule has 2 rings (SSSR count). The highest BCUT2D eigenvalue weighted by Gasteiger charge is 2.17. The van der Waals surface area contributed by atoms with Gasteiger partial charge in [0, 0.05) is 5.56 Å². The fourth-order valence-electron chi connectivity index (χ4n) is 2.10. The molecule has 1 atom stereocenters. The van der Waals surface area contributed by atoms with Crippen LogP contribution in [0, 0.1) is 25.5 Å². The van der Waals surface area contributed by atoms with E-state index in [-0.39, 0.29) is 10.0 Å². The quantitative estimate of drug-likeness (QED) is 0.475. The predicted molar refractivity (Wildman–Crippen MR) is 82.3 cm³/mol. The summed E-state index contributed by atoms with van der Waals surface area (Å²) in [5.74, 6) is -1.00. The van der Waals surface area contributed by atoms with E-state index >= 15 is 0 Å². The molecule has 2 aromatic carbocycles. The average Bonchev–Trinajstić information content (AvgIpc) is 2.38. The fraction of sp³-hybridized carbons (Fsp3) is 0.250. The monoisotopic (exact) mass is 358 g/mol. The van der Waals surface area contributed by atoms with Gasteiger partial charge in [0.25, 0.3) is 0 Å². The molecule has 0 aliphatic heterocycles. The van der Waals surface area contributed by atoms with Crippen molar-refractivity contribution in [1.29, 1.82) is 0 Å². The molecule has 0 amide bonds. The Kier molecular flexibility index (Phi) is 4.82. The van der Waals surface area contributed by atoms with Gasteiger partial charge in [-0.05, 0) is 59.5 Å². The van der Waals surface area contributed by atoms with Crippen molar-refractivity contribution in [3.63, 3.8) is 0 Å². The molecule has 0 radical (unpaired) electrons. The molecule has 0 spiro atoms. The molecule has 0 fully saturated rings. The second-order valence-corrected chi connectivity index (χ2v) is 6.27. The maximum Gasteiger partial charge on any atom is 0.137 e. The van der Waals surface area contributed by atoms with Crippen LogP contribution in [0.25, 0.3) is 0 Å². The Hall–Kier alpha value is -0.930. The van der Waals surface area contributed by atoms with E-state index in [1.54, 1.807) is 0 Å². The first-order chi connectivity index (χ1) is 9.38. The maximum atomic E-state index is 13.9. The largest absolute Gasteiger partial charge is 0.207 e. The van der Waals surface area contributed by atoms with Crippen LogP contribution in [0.1, 0.15) is 27.6 Å². The molecule has 1 unspecified atom stereocenters. The Morgan fingerprint density at radius 2 is 1.80 bits per heavy atom. The third-order valence-electron chi connectivity index (χ3n) is 3.28. The lowest BCUT2D eigenvalue weighted by Crippen LogP contribution is -2.02. The lowest BCUT2D eigenvalue weighted by Gasteiger charge is -2.14. The topological polar surface area (TPSA) is 0 Å². The van der Waals surface area contributed by atoms with Crippen LogP contribution in [0.3, 0.4) is 0 Å². The average molecular weight is 360 g/mol. The summed E-state index contributed by atoms with van der Waals surface area (Å²) < 4.78 is 27.5. The van der Waals surface area contributed by atoms with Gasteiger partial charge in [-0.1, -0.05) is 23.8 Å². The summed E-state index contributed by atoms with van der Waals surface area (Å²) in [6.45, 7) is 3.98. The molecule has 0 heterocycles. The summed E-state index contributed by atoms with van der Waals surface area (Å²) in [6, 6.07) is 8.32. The van der Waals surface area contributed by atoms with Crippen LogP contribution in [0.2, 0.25) is 0 Å². The van der Waals surface area contributed by atoms with Crippen molar-refractivity contribution in [2.75, 3.05) is 0 Å². The van der Waals surface area contributed by atoms with E-state index in [0.29, 0.717) is 6.42 Å². The molecule has 0 aliphatic carbocycles. The number of hydrogen-bond donors (Lipinski definition) is 0. The predicted octanol–water partition coefficient (Wildman–Crippen LogP) is 5.87. The minimum atomic E-state index is -0.599. The van der Waals surface area contributed by atoms with Crippen LogP contribution in [0.15, 0.2) is 34.8 Å². The Balaban J connectivity index is 2.30. The van der Waals surface area contributed by atoms with Crippen LogP contribution in [-0.2, 0) is 6.42 Å². The van der Waals surface area contributed by atoms with Gasteiger partial charge in [-0.15, -0.1) is 11.6 Å². The van der Waals surface area contributed by atoms with Crippen molar-refractivity contribution in [2.24, 2.45) is 0 Å². The fourth-order valence-corrected chi connectivity index (χ4v) is 2.75. The molecule has 0 saturated carbocycles. The molecule has 0 saturated heterocycles. The van der Waals surface area contributed by atoms with Crippen molar-refractivity contribution in [3.05, 3.63) is 68.7 Å². The van der Waals surface area contributed by atoms with Crippen molar-refractivity contribution in [3.8, 4) is 0 Å². The molecule has 20 heavy (non-hydrogen) atoms. The van der Waals surface area contributed by atoms with Gasteiger partial charge in [0.05, 0.1) is 9.85 Å². The molecular formula is C16H14BrClF2. The number of hydrogen-bond acceptors (Lipinski definition) is 0. The van der Waals surface area contributed by atoms with E-state index in [4.69, 9.17) is 11.6 Å². The normalized spacial score (nSPS) is 12.5. The third-order valence-corrected chi connectivity index (χ3v) is 4.28. The minimum absolute atomic E-state index is 0.106. The van der Waals surface area contributed by atoms with Gasteiger partial charge < -0.3 is 0 Å². The van der Waals surface area contributed by atoms with Crippen LogP contribution < -0.4 is 0 Å². The molecule has 4 heteroatoms. The number of rotatable bonds is 3. The summed E-state index contributed by atoms with van der Waals surface area (Å²) in [4.78, 5) is 0. The summed E-state index contributed by atoms with van der Waals surface area (Å²) >= 11 is 9.23.